The summed E-state index contributed by atoms with van der Waals surface area (Å²) in [6.45, 7) is 8.97. The molecule has 0 aliphatic carbocycles. The Labute approximate surface area is 236 Å². The van der Waals surface area contributed by atoms with Crippen LogP contribution < -0.4 is 9.62 Å². The molecule has 39 heavy (non-hydrogen) atoms. The van der Waals surface area contributed by atoms with Gasteiger partial charge in [0, 0.05) is 17.1 Å². The topological polar surface area (TPSA) is 86.8 Å². The van der Waals surface area contributed by atoms with Crippen LogP contribution in [0.25, 0.3) is 0 Å². The number of nitrogens with one attached hydrogen (secondary N) is 1. The molecular formula is C30H36ClN3O4S. The number of aryl methyl sites for hydroxylation is 1. The minimum absolute atomic E-state index is 0.00772. The molecule has 3 aromatic carbocycles. The van der Waals surface area contributed by atoms with Crippen LogP contribution in [0, 0.1) is 6.92 Å². The number of sulfonamides is 1. The highest BCUT2D eigenvalue weighted by Gasteiger charge is 2.34. The summed E-state index contributed by atoms with van der Waals surface area (Å²) in [6, 6.07) is 21.3. The highest BCUT2D eigenvalue weighted by atomic mass is 35.5. The van der Waals surface area contributed by atoms with Crippen molar-refractivity contribution in [1.29, 1.82) is 0 Å². The Balaban J connectivity index is 2.06. The molecule has 3 aromatic rings. The summed E-state index contributed by atoms with van der Waals surface area (Å²) < 4.78 is 28.8. The van der Waals surface area contributed by atoms with Crippen molar-refractivity contribution in [2.45, 2.75) is 64.1 Å². The molecule has 7 nitrogen and oxygen atoms in total. The number of benzene rings is 3. The maximum atomic E-state index is 14.0. The zero-order valence-electron chi connectivity index (χ0n) is 23.0. The molecule has 0 aromatic heterocycles. The van der Waals surface area contributed by atoms with Gasteiger partial charge in [0.15, 0.2) is 0 Å². The van der Waals surface area contributed by atoms with E-state index in [9.17, 15) is 18.0 Å². The summed E-state index contributed by atoms with van der Waals surface area (Å²) in [6.07, 6.45) is 0.356. The zero-order chi connectivity index (χ0) is 28.8. The molecule has 0 aliphatic rings. The zero-order valence-corrected chi connectivity index (χ0v) is 24.6. The summed E-state index contributed by atoms with van der Waals surface area (Å²) in [7, 11) is -4.14. The first-order chi connectivity index (χ1) is 18.3. The van der Waals surface area contributed by atoms with E-state index in [1.165, 1.54) is 29.2 Å². The van der Waals surface area contributed by atoms with Gasteiger partial charge in [-0.15, -0.1) is 0 Å². The standard InChI is InChI=1S/C30H36ClN3O4S/c1-6-27(29(36)32-30(3,4)5)33(20-23-12-8-7-9-13-23)28(35)21-34(25-14-10-11-22(2)19-25)39(37,38)26-17-15-24(31)16-18-26/h7-19,27H,6,20-21H2,1-5H3,(H,32,36)/t27-/m0/s1. The van der Waals surface area contributed by atoms with Crippen LogP contribution in [0.3, 0.4) is 0 Å². The Hall–Kier alpha value is -3.36. The Morgan fingerprint density at radius 3 is 2.15 bits per heavy atom. The third-order valence-corrected chi connectivity index (χ3v) is 8.09. The molecule has 9 heteroatoms. The fraction of sp³-hybridized carbons (Fsp3) is 0.333. The van der Waals surface area contributed by atoms with Gasteiger partial charge in [-0.05, 0) is 81.6 Å². The van der Waals surface area contributed by atoms with Crippen molar-refractivity contribution in [3.8, 4) is 0 Å². The predicted octanol–water partition coefficient (Wildman–Crippen LogP) is 5.57. The van der Waals surface area contributed by atoms with E-state index in [4.69, 9.17) is 11.6 Å². The van der Waals surface area contributed by atoms with Crippen molar-refractivity contribution in [3.63, 3.8) is 0 Å². The molecule has 0 bridgehead atoms. The summed E-state index contributed by atoms with van der Waals surface area (Å²) in [5.74, 6) is -0.786. The highest BCUT2D eigenvalue weighted by molar-refractivity contribution is 7.92. The molecule has 1 N–H and O–H groups in total. The monoisotopic (exact) mass is 569 g/mol. The number of hydrogen-bond acceptors (Lipinski definition) is 4. The normalized spacial score (nSPS) is 12.5. The van der Waals surface area contributed by atoms with Crippen LogP contribution >= 0.6 is 11.6 Å². The number of nitrogens with zero attached hydrogens (tertiary/aromatic N) is 2. The maximum absolute atomic E-state index is 14.0. The van der Waals surface area contributed by atoms with Crippen LogP contribution in [0.1, 0.15) is 45.2 Å². The number of anilines is 1. The molecule has 0 fully saturated rings. The lowest BCUT2D eigenvalue weighted by molar-refractivity contribution is -0.141. The number of hydrogen-bond donors (Lipinski definition) is 1. The van der Waals surface area contributed by atoms with Crippen molar-refractivity contribution >= 4 is 39.1 Å². The third-order valence-electron chi connectivity index (χ3n) is 6.05. The van der Waals surface area contributed by atoms with E-state index in [1.54, 1.807) is 18.2 Å². The van der Waals surface area contributed by atoms with E-state index in [-0.39, 0.29) is 17.3 Å². The number of carbonyl (C=O) groups excluding carboxylic acids is 2. The third kappa shape index (κ3) is 8.07. The van der Waals surface area contributed by atoms with Gasteiger partial charge in [0.1, 0.15) is 12.6 Å². The molecule has 0 unspecified atom stereocenters. The van der Waals surface area contributed by atoms with E-state index >= 15 is 0 Å². The lowest BCUT2D eigenvalue weighted by Crippen LogP contribution is -2.55. The number of carbonyl (C=O) groups is 2. The smallest absolute Gasteiger partial charge is 0.264 e. The fourth-order valence-electron chi connectivity index (χ4n) is 4.20. The van der Waals surface area contributed by atoms with Crippen LogP contribution in [0.15, 0.2) is 83.8 Å². The minimum atomic E-state index is -4.14. The Kier molecular flexibility index (Phi) is 9.80. The van der Waals surface area contributed by atoms with Gasteiger partial charge in [-0.1, -0.05) is 61.0 Å². The summed E-state index contributed by atoms with van der Waals surface area (Å²) in [5.41, 5.74) is 1.52. The van der Waals surface area contributed by atoms with Crippen molar-refractivity contribution in [2.24, 2.45) is 0 Å². The first-order valence-corrected chi connectivity index (χ1v) is 14.6. The minimum Gasteiger partial charge on any atom is -0.350 e. The van der Waals surface area contributed by atoms with E-state index in [2.05, 4.69) is 5.32 Å². The van der Waals surface area contributed by atoms with Crippen molar-refractivity contribution < 1.29 is 18.0 Å². The molecule has 208 valence electrons. The SMILES string of the molecule is CC[C@@H](C(=O)NC(C)(C)C)N(Cc1ccccc1)C(=O)CN(c1cccc(C)c1)S(=O)(=O)c1ccc(Cl)cc1. The molecular weight excluding hydrogens is 534 g/mol. The lowest BCUT2D eigenvalue weighted by Gasteiger charge is -2.34. The van der Waals surface area contributed by atoms with Crippen LogP contribution in [0.4, 0.5) is 5.69 Å². The average molecular weight is 570 g/mol. The second-order valence-electron chi connectivity index (χ2n) is 10.5. The van der Waals surface area contributed by atoms with Crippen LogP contribution in [-0.4, -0.2) is 43.3 Å². The van der Waals surface area contributed by atoms with Gasteiger partial charge < -0.3 is 10.2 Å². The van der Waals surface area contributed by atoms with Gasteiger partial charge in [0.2, 0.25) is 11.8 Å². The summed E-state index contributed by atoms with van der Waals surface area (Å²) >= 11 is 6.00. The van der Waals surface area contributed by atoms with Gasteiger partial charge in [-0.3, -0.25) is 13.9 Å². The summed E-state index contributed by atoms with van der Waals surface area (Å²) in [5, 5.41) is 3.37. The molecule has 2 amide bonds. The van der Waals surface area contributed by atoms with E-state index < -0.39 is 34.1 Å². The average Bonchev–Trinajstić information content (AvgIpc) is 2.86. The molecule has 0 radical (unpaired) electrons. The number of halogens is 1. The molecule has 0 aliphatic heterocycles. The Morgan fingerprint density at radius 1 is 0.949 bits per heavy atom. The van der Waals surface area contributed by atoms with Crippen LogP contribution in [0.2, 0.25) is 5.02 Å². The van der Waals surface area contributed by atoms with Gasteiger partial charge in [-0.2, -0.15) is 0 Å². The second kappa shape index (κ2) is 12.7. The molecule has 0 heterocycles. The molecule has 0 saturated heterocycles. The Morgan fingerprint density at radius 2 is 1.59 bits per heavy atom. The van der Waals surface area contributed by atoms with Gasteiger partial charge in [0.05, 0.1) is 10.6 Å². The fourth-order valence-corrected chi connectivity index (χ4v) is 5.73. The molecule has 0 saturated carbocycles. The van der Waals surface area contributed by atoms with E-state index in [0.717, 1.165) is 15.4 Å². The number of amides is 2. The van der Waals surface area contributed by atoms with Gasteiger partial charge in [0.25, 0.3) is 10.0 Å². The van der Waals surface area contributed by atoms with Crippen LogP contribution in [0.5, 0.6) is 0 Å². The molecule has 1 atom stereocenters. The van der Waals surface area contributed by atoms with E-state index in [1.807, 2.05) is 71.0 Å². The van der Waals surface area contributed by atoms with Crippen molar-refractivity contribution in [2.75, 3.05) is 10.8 Å². The lowest BCUT2D eigenvalue weighted by atomic mass is 10.1. The van der Waals surface area contributed by atoms with E-state index in [0.29, 0.717) is 17.1 Å². The van der Waals surface area contributed by atoms with Gasteiger partial charge >= 0.3 is 0 Å². The van der Waals surface area contributed by atoms with Gasteiger partial charge in [-0.25, -0.2) is 8.42 Å². The second-order valence-corrected chi connectivity index (χ2v) is 12.8. The number of rotatable bonds is 10. The van der Waals surface area contributed by atoms with Crippen molar-refractivity contribution in [3.05, 3.63) is 95.0 Å². The molecule has 3 rings (SSSR count). The Bertz CT molecular complexity index is 1390. The first kappa shape index (κ1) is 30.2. The summed E-state index contributed by atoms with van der Waals surface area (Å²) in [4.78, 5) is 28.8. The largest absolute Gasteiger partial charge is 0.350 e. The maximum Gasteiger partial charge on any atom is 0.264 e. The highest BCUT2D eigenvalue weighted by Crippen LogP contribution is 2.26. The van der Waals surface area contributed by atoms with Crippen molar-refractivity contribution in [1.82, 2.24) is 10.2 Å². The van der Waals surface area contributed by atoms with Crippen LogP contribution in [-0.2, 0) is 26.2 Å². The predicted molar refractivity (Wildman–Crippen MR) is 156 cm³/mol. The molecule has 0 spiro atoms. The first-order valence-electron chi connectivity index (χ1n) is 12.8. The quantitative estimate of drug-likeness (QED) is 0.346.